The van der Waals surface area contributed by atoms with E-state index in [1.807, 2.05) is 29.2 Å². The smallest absolute Gasteiger partial charge is 0.266 e. The molecule has 0 bridgehead atoms. The molecule has 0 N–H and O–H groups in total. The summed E-state index contributed by atoms with van der Waals surface area (Å²) in [6, 6.07) is 17.8. The molecule has 1 amide bonds. The Hall–Kier alpha value is -4.51. The third-order valence-corrected chi connectivity index (χ3v) is 6.22. The van der Waals surface area contributed by atoms with Crippen LogP contribution in [0.5, 0.6) is 0 Å². The molecule has 0 aliphatic carbocycles. The normalized spacial score (nSPS) is 14.0. The highest BCUT2D eigenvalue weighted by Gasteiger charge is 2.26. The van der Waals surface area contributed by atoms with E-state index in [2.05, 4.69) is 47.7 Å². The third kappa shape index (κ3) is 4.36. The average Bonchev–Trinajstić information content (AvgIpc) is 3.62. The van der Waals surface area contributed by atoms with Crippen molar-refractivity contribution in [2.24, 2.45) is 0 Å². The van der Waals surface area contributed by atoms with Crippen molar-refractivity contribution in [1.82, 2.24) is 14.5 Å². The SMILES string of the molecule is Cc1cc(/C=C/C(=O)N2CCN(c3oc(-c4ccco4)nc3C#N)CC2)c(C)n1-c1ccccc1. The van der Waals surface area contributed by atoms with Crippen LogP contribution in [0.2, 0.25) is 0 Å². The first-order valence-corrected chi connectivity index (χ1v) is 11.5. The van der Waals surface area contributed by atoms with Crippen molar-refractivity contribution in [3.8, 4) is 23.4 Å². The lowest BCUT2D eigenvalue weighted by Gasteiger charge is -2.33. The molecule has 5 rings (SSSR count). The van der Waals surface area contributed by atoms with Gasteiger partial charge in [-0.25, -0.2) is 0 Å². The summed E-state index contributed by atoms with van der Waals surface area (Å²) in [6.45, 7) is 6.26. The number of para-hydroxylation sites is 1. The summed E-state index contributed by atoms with van der Waals surface area (Å²) in [7, 11) is 0. The van der Waals surface area contributed by atoms with Gasteiger partial charge in [-0.05, 0) is 55.8 Å². The minimum atomic E-state index is -0.0384. The molecule has 0 radical (unpaired) electrons. The lowest BCUT2D eigenvalue weighted by atomic mass is 10.2. The molecule has 4 aromatic rings. The fourth-order valence-electron chi connectivity index (χ4n) is 4.43. The number of carbonyl (C=O) groups excluding carboxylic acids is 1. The summed E-state index contributed by atoms with van der Waals surface area (Å²) in [5.41, 5.74) is 4.53. The average molecular weight is 468 g/mol. The molecule has 4 heterocycles. The fourth-order valence-corrected chi connectivity index (χ4v) is 4.43. The number of anilines is 1. The van der Waals surface area contributed by atoms with Crippen molar-refractivity contribution in [3.05, 3.63) is 83.5 Å². The number of nitriles is 1. The monoisotopic (exact) mass is 467 g/mol. The Morgan fingerprint density at radius 1 is 1.09 bits per heavy atom. The number of benzene rings is 1. The van der Waals surface area contributed by atoms with Gasteiger partial charge in [-0.1, -0.05) is 18.2 Å². The Bertz CT molecular complexity index is 1400. The molecule has 35 heavy (non-hydrogen) atoms. The lowest BCUT2D eigenvalue weighted by molar-refractivity contribution is -0.126. The minimum Gasteiger partial charge on any atom is -0.459 e. The van der Waals surface area contributed by atoms with E-state index in [9.17, 15) is 10.1 Å². The second-order valence-electron chi connectivity index (χ2n) is 8.40. The minimum absolute atomic E-state index is 0.0384. The third-order valence-electron chi connectivity index (χ3n) is 6.22. The van der Waals surface area contributed by atoms with E-state index < -0.39 is 0 Å². The topological polar surface area (TPSA) is 91.4 Å². The van der Waals surface area contributed by atoms with Crippen LogP contribution in [0.4, 0.5) is 5.88 Å². The number of furan rings is 1. The zero-order chi connectivity index (χ0) is 24.4. The zero-order valence-corrected chi connectivity index (χ0v) is 19.6. The molecular formula is C27H25N5O3. The molecule has 8 nitrogen and oxygen atoms in total. The van der Waals surface area contributed by atoms with Crippen molar-refractivity contribution in [2.45, 2.75) is 13.8 Å². The van der Waals surface area contributed by atoms with Crippen LogP contribution in [0.15, 0.2) is 69.7 Å². The molecule has 0 saturated carbocycles. The zero-order valence-electron chi connectivity index (χ0n) is 19.6. The Labute approximate surface area is 203 Å². The van der Waals surface area contributed by atoms with Gasteiger partial charge in [0.25, 0.3) is 5.89 Å². The summed E-state index contributed by atoms with van der Waals surface area (Å²) in [4.78, 5) is 20.9. The van der Waals surface area contributed by atoms with E-state index in [1.165, 1.54) is 6.26 Å². The van der Waals surface area contributed by atoms with E-state index in [4.69, 9.17) is 8.83 Å². The molecule has 0 atom stereocenters. The summed E-state index contributed by atoms with van der Waals surface area (Å²) >= 11 is 0. The molecule has 0 unspecified atom stereocenters. The van der Waals surface area contributed by atoms with E-state index >= 15 is 0 Å². The molecule has 1 aliphatic rings. The van der Waals surface area contributed by atoms with E-state index in [0.29, 0.717) is 37.8 Å². The van der Waals surface area contributed by atoms with Crippen LogP contribution >= 0.6 is 0 Å². The summed E-state index contributed by atoms with van der Waals surface area (Å²) in [6.07, 6.45) is 5.05. The van der Waals surface area contributed by atoms with Gasteiger partial charge in [0.05, 0.1) is 6.26 Å². The van der Waals surface area contributed by atoms with E-state index in [-0.39, 0.29) is 17.5 Å². The van der Waals surface area contributed by atoms with Crippen LogP contribution in [0.1, 0.15) is 22.6 Å². The molecular weight excluding hydrogens is 442 g/mol. The maximum atomic E-state index is 12.9. The quantitative estimate of drug-likeness (QED) is 0.399. The Balaban J connectivity index is 1.25. The van der Waals surface area contributed by atoms with Crippen LogP contribution in [0.25, 0.3) is 23.4 Å². The second-order valence-corrected chi connectivity index (χ2v) is 8.40. The largest absolute Gasteiger partial charge is 0.459 e. The van der Waals surface area contributed by atoms with Crippen molar-refractivity contribution >= 4 is 17.9 Å². The van der Waals surface area contributed by atoms with Gasteiger partial charge in [0.15, 0.2) is 5.76 Å². The summed E-state index contributed by atoms with van der Waals surface area (Å²) in [5.74, 6) is 1.12. The second kappa shape index (κ2) is 9.39. The van der Waals surface area contributed by atoms with Gasteiger partial charge in [0, 0.05) is 49.3 Å². The summed E-state index contributed by atoms with van der Waals surface area (Å²) in [5, 5.41) is 9.49. The van der Waals surface area contributed by atoms with Crippen molar-refractivity contribution in [3.63, 3.8) is 0 Å². The van der Waals surface area contributed by atoms with Crippen LogP contribution in [-0.4, -0.2) is 46.5 Å². The standard InChI is InChI=1S/C27H25N5O3/c1-19-17-21(20(2)32(19)22-7-4-3-5-8-22)10-11-25(33)30-12-14-31(15-13-30)27-23(18-28)29-26(35-27)24-9-6-16-34-24/h3-11,16-17H,12-15H2,1-2H3/b11-10+. The molecule has 1 saturated heterocycles. The van der Waals surface area contributed by atoms with Crippen molar-refractivity contribution < 1.29 is 13.6 Å². The number of hydrogen-bond donors (Lipinski definition) is 0. The fraction of sp³-hybridized carbons (Fsp3) is 0.222. The maximum Gasteiger partial charge on any atom is 0.266 e. The molecule has 0 spiro atoms. The van der Waals surface area contributed by atoms with Crippen LogP contribution in [-0.2, 0) is 4.79 Å². The predicted molar refractivity (Wildman–Crippen MR) is 132 cm³/mol. The predicted octanol–water partition coefficient (Wildman–Crippen LogP) is 4.58. The number of nitrogens with zero attached hydrogens (tertiary/aromatic N) is 5. The number of oxazole rings is 1. The first-order valence-electron chi connectivity index (χ1n) is 11.5. The van der Waals surface area contributed by atoms with Gasteiger partial charge in [-0.2, -0.15) is 10.2 Å². The van der Waals surface area contributed by atoms with Crippen molar-refractivity contribution in [2.75, 3.05) is 31.1 Å². The van der Waals surface area contributed by atoms with Gasteiger partial charge < -0.3 is 23.2 Å². The van der Waals surface area contributed by atoms with Crippen LogP contribution < -0.4 is 4.90 Å². The van der Waals surface area contributed by atoms with Gasteiger partial charge in [0.2, 0.25) is 17.5 Å². The van der Waals surface area contributed by atoms with Gasteiger partial charge >= 0.3 is 0 Å². The number of rotatable bonds is 5. The van der Waals surface area contributed by atoms with E-state index in [1.54, 1.807) is 23.1 Å². The van der Waals surface area contributed by atoms with Gasteiger partial charge in [0.1, 0.15) is 6.07 Å². The molecule has 1 aliphatic heterocycles. The van der Waals surface area contributed by atoms with Crippen molar-refractivity contribution in [1.29, 1.82) is 5.26 Å². The molecule has 1 fully saturated rings. The molecule has 176 valence electrons. The lowest BCUT2D eigenvalue weighted by Crippen LogP contribution is -2.48. The van der Waals surface area contributed by atoms with Crippen LogP contribution in [0.3, 0.4) is 0 Å². The number of aryl methyl sites for hydroxylation is 1. The van der Waals surface area contributed by atoms with Gasteiger partial charge in [-0.15, -0.1) is 0 Å². The molecule has 3 aromatic heterocycles. The highest BCUT2D eigenvalue weighted by Crippen LogP contribution is 2.29. The Morgan fingerprint density at radius 2 is 1.86 bits per heavy atom. The first-order chi connectivity index (χ1) is 17.0. The maximum absolute atomic E-state index is 12.9. The number of carbonyl (C=O) groups is 1. The number of piperazine rings is 1. The highest BCUT2D eigenvalue weighted by molar-refractivity contribution is 5.92. The van der Waals surface area contributed by atoms with Gasteiger partial charge in [-0.3, -0.25) is 4.79 Å². The first kappa shape index (κ1) is 22.3. The number of aromatic nitrogens is 2. The Morgan fingerprint density at radius 3 is 2.54 bits per heavy atom. The highest BCUT2D eigenvalue weighted by atomic mass is 16.4. The molecule has 1 aromatic carbocycles. The number of amides is 1. The van der Waals surface area contributed by atoms with Crippen LogP contribution in [0, 0.1) is 25.2 Å². The molecule has 8 heteroatoms. The number of hydrogen-bond acceptors (Lipinski definition) is 6. The Kier molecular flexibility index (Phi) is 5.98. The van der Waals surface area contributed by atoms with E-state index in [0.717, 1.165) is 22.6 Å². The summed E-state index contributed by atoms with van der Waals surface area (Å²) < 4.78 is 13.3.